The first kappa shape index (κ1) is 19.5. The van der Waals surface area contributed by atoms with E-state index in [0.717, 1.165) is 42.5 Å². The Morgan fingerprint density at radius 1 is 1.16 bits per heavy atom. The lowest BCUT2D eigenvalue weighted by atomic mass is 9.83. The molecule has 1 saturated heterocycles. The lowest BCUT2D eigenvalue weighted by Crippen LogP contribution is -2.48. The van der Waals surface area contributed by atoms with Crippen LogP contribution in [0.15, 0.2) is 41.5 Å². The summed E-state index contributed by atoms with van der Waals surface area (Å²) >= 11 is 0. The van der Waals surface area contributed by atoms with Gasteiger partial charge in [-0.15, -0.1) is 5.10 Å². The van der Waals surface area contributed by atoms with Gasteiger partial charge in [-0.05, 0) is 43.5 Å². The summed E-state index contributed by atoms with van der Waals surface area (Å²) in [5.41, 5.74) is 1.85. The lowest BCUT2D eigenvalue weighted by Gasteiger charge is -2.43. The van der Waals surface area contributed by atoms with Crippen molar-refractivity contribution in [3.8, 4) is 0 Å². The topological polar surface area (TPSA) is 97.9 Å². The zero-order valence-electron chi connectivity index (χ0n) is 17.7. The average molecular weight is 419 g/mol. The van der Waals surface area contributed by atoms with Crippen LogP contribution < -0.4 is 15.8 Å². The number of piperidine rings is 1. The Hall–Kier alpha value is -3.49. The van der Waals surface area contributed by atoms with E-state index in [9.17, 15) is 9.59 Å². The van der Waals surface area contributed by atoms with Gasteiger partial charge in [0.1, 0.15) is 11.4 Å². The molecule has 1 N–H and O–H groups in total. The van der Waals surface area contributed by atoms with Crippen molar-refractivity contribution in [2.45, 2.75) is 32.4 Å². The first-order valence-corrected chi connectivity index (χ1v) is 10.5. The molecule has 9 nitrogen and oxygen atoms in total. The number of rotatable bonds is 4. The van der Waals surface area contributed by atoms with Crippen molar-refractivity contribution in [1.29, 1.82) is 0 Å². The molecular weight excluding hydrogens is 394 g/mol. The largest absolute Gasteiger partial charge is 0.354 e. The Morgan fingerprint density at radius 2 is 2.03 bits per heavy atom. The van der Waals surface area contributed by atoms with Crippen LogP contribution in [0.3, 0.4) is 0 Å². The Labute approximate surface area is 179 Å². The van der Waals surface area contributed by atoms with Gasteiger partial charge >= 0.3 is 0 Å². The number of carbonyl (C=O) groups excluding carboxylic acids is 1. The van der Waals surface area contributed by atoms with Crippen LogP contribution >= 0.6 is 0 Å². The maximum Gasteiger partial charge on any atom is 0.263 e. The number of hydrogen-bond acceptors (Lipinski definition) is 6. The maximum absolute atomic E-state index is 13.1. The predicted molar refractivity (Wildman–Crippen MR) is 115 cm³/mol. The second-order valence-electron chi connectivity index (χ2n) is 8.46. The van der Waals surface area contributed by atoms with Crippen LogP contribution in [0, 0.1) is 12.8 Å². The smallest absolute Gasteiger partial charge is 0.263 e. The fourth-order valence-corrected chi connectivity index (χ4v) is 4.69. The molecule has 0 aliphatic carbocycles. The first-order chi connectivity index (χ1) is 15.0. The molecule has 0 saturated carbocycles. The van der Waals surface area contributed by atoms with E-state index in [4.69, 9.17) is 0 Å². The van der Waals surface area contributed by atoms with Gasteiger partial charge in [0.25, 0.3) is 11.5 Å². The van der Waals surface area contributed by atoms with Crippen LogP contribution in [-0.4, -0.2) is 43.3 Å². The van der Waals surface area contributed by atoms with E-state index < -0.39 is 0 Å². The SMILES string of the molecule is Cc1ccc(N2C[C@@H]3C[C@H](C2)c2ccc(C(=O)NCc4nccn4C)c(=O)n2C3)nn1. The molecule has 5 rings (SSSR count). The molecule has 2 bridgehead atoms. The highest BCUT2D eigenvalue weighted by molar-refractivity contribution is 5.93. The minimum absolute atomic E-state index is 0.180. The molecule has 9 heteroatoms. The molecule has 1 fully saturated rings. The van der Waals surface area contributed by atoms with E-state index in [1.54, 1.807) is 16.8 Å². The van der Waals surface area contributed by atoms with Gasteiger partial charge in [-0.1, -0.05) is 0 Å². The Kier molecular flexibility index (Phi) is 4.80. The lowest BCUT2D eigenvalue weighted by molar-refractivity contribution is 0.0946. The molecule has 0 radical (unpaired) electrons. The van der Waals surface area contributed by atoms with Crippen LogP contribution in [-0.2, 0) is 20.1 Å². The highest BCUT2D eigenvalue weighted by Gasteiger charge is 2.36. The molecular formula is C22H25N7O2. The number of carbonyl (C=O) groups is 1. The van der Waals surface area contributed by atoms with E-state index in [-0.39, 0.29) is 29.5 Å². The maximum atomic E-state index is 13.1. The van der Waals surface area contributed by atoms with E-state index in [2.05, 4.69) is 25.4 Å². The summed E-state index contributed by atoms with van der Waals surface area (Å²) in [6, 6.07) is 7.57. The third kappa shape index (κ3) is 3.60. The molecule has 0 aromatic carbocycles. The van der Waals surface area contributed by atoms with Gasteiger partial charge in [0.15, 0.2) is 5.82 Å². The summed E-state index contributed by atoms with van der Waals surface area (Å²) in [7, 11) is 1.87. The van der Waals surface area contributed by atoms with Gasteiger partial charge in [0, 0.05) is 50.7 Å². The number of imidazole rings is 1. The number of amides is 1. The summed E-state index contributed by atoms with van der Waals surface area (Å²) in [6.45, 7) is 4.44. The summed E-state index contributed by atoms with van der Waals surface area (Å²) in [4.78, 5) is 32.3. The van der Waals surface area contributed by atoms with Gasteiger partial charge in [-0.3, -0.25) is 9.59 Å². The quantitative estimate of drug-likeness (QED) is 0.683. The summed E-state index contributed by atoms with van der Waals surface area (Å²) in [6.07, 6.45) is 4.54. The number of anilines is 1. The highest BCUT2D eigenvalue weighted by Crippen LogP contribution is 2.36. The Morgan fingerprint density at radius 3 is 2.77 bits per heavy atom. The van der Waals surface area contributed by atoms with Crippen molar-refractivity contribution in [2.75, 3.05) is 18.0 Å². The van der Waals surface area contributed by atoms with Crippen molar-refractivity contribution >= 4 is 11.7 Å². The number of nitrogens with zero attached hydrogens (tertiary/aromatic N) is 6. The summed E-state index contributed by atoms with van der Waals surface area (Å²) in [5, 5.41) is 11.3. The fourth-order valence-electron chi connectivity index (χ4n) is 4.69. The molecule has 160 valence electrons. The zero-order chi connectivity index (χ0) is 21.5. The second kappa shape index (κ2) is 7.64. The average Bonchev–Trinajstić information content (AvgIpc) is 3.18. The highest BCUT2D eigenvalue weighted by atomic mass is 16.2. The number of nitrogens with one attached hydrogen (secondary N) is 1. The molecule has 1 amide bonds. The zero-order valence-corrected chi connectivity index (χ0v) is 17.7. The van der Waals surface area contributed by atoms with Crippen molar-refractivity contribution in [3.05, 3.63) is 69.8 Å². The Balaban J connectivity index is 1.36. The molecule has 2 aliphatic heterocycles. The third-order valence-corrected chi connectivity index (χ3v) is 6.28. The third-order valence-electron chi connectivity index (χ3n) is 6.28. The van der Waals surface area contributed by atoms with Crippen molar-refractivity contribution in [3.63, 3.8) is 0 Å². The van der Waals surface area contributed by atoms with Gasteiger partial charge in [0.05, 0.1) is 12.2 Å². The van der Waals surface area contributed by atoms with E-state index in [1.165, 1.54) is 0 Å². The molecule has 31 heavy (non-hydrogen) atoms. The first-order valence-electron chi connectivity index (χ1n) is 10.5. The van der Waals surface area contributed by atoms with Crippen LogP contribution in [0.4, 0.5) is 5.82 Å². The van der Waals surface area contributed by atoms with E-state index >= 15 is 0 Å². The van der Waals surface area contributed by atoms with Crippen LogP contribution in [0.5, 0.6) is 0 Å². The molecule has 3 aromatic rings. The number of fused-ring (bicyclic) bond motifs is 4. The normalized spacial score (nSPS) is 19.7. The molecule has 5 heterocycles. The number of hydrogen-bond donors (Lipinski definition) is 1. The van der Waals surface area contributed by atoms with Crippen molar-refractivity contribution in [2.24, 2.45) is 13.0 Å². The minimum atomic E-state index is -0.365. The van der Waals surface area contributed by atoms with Gasteiger partial charge < -0.3 is 19.4 Å². The van der Waals surface area contributed by atoms with Crippen LogP contribution in [0.2, 0.25) is 0 Å². The molecule has 3 aromatic heterocycles. The van der Waals surface area contributed by atoms with Crippen molar-refractivity contribution < 1.29 is 4.79 Å². The van der Waals surface area contributed by atoms with E-state index in [1.807, 2.05) is 42.9 Å². The van der Waals surface area contributed by atoms with Crippen molar-refractivity contribution in [1.82, 2.24) is 29.6 Å². The van der Waals surface area contributed by atoms with Gasteiger partial charge in [-0.25, -0.2) is 4.98 Å². The number of aromatic nitrogens is 5. The number of pyridine rings is 1. The predicted octanol–water partition coefficient (Wildman–Crippen LogP) is 1.23. The molecule has 2 aliphatic rings. The number of aryl methyl sites for hydroxylation is 2. The second-order valence-corrected chi connectivity index (χ2v) is 8.46. The summed E-state index contributed by atoms with van der Waals surface area (Å²) in [5.74, 6) is 1.81. The molecule has 0 unspecified atom stereocenters. The Bertz CT molecular complexity index is 1180. The summed E-state index contributed by atoms with van der Waals surface area (Å²) < 4.78 is 3.64. The monoisotopic (exact) mass is 419 g/mol. The van der Waals surface area contributed by atoms with Crippen LogP contribution in [0.1, 0.15) is 39.9 Å². The van der Waals surface area contributed by atoms with Gasteiger partial charge in [-0.2, -0.15) is 5.10 Å². The fraction of sp³-hybridized carbons (Fsp3) is 0.409. The molecule has 2 atom stereocenters. The van der Waals surface area contributed by atoms with Gasteiger partial charge in [0.2, 0.25) is 0 Å². The van der Waals surface area contributed by atoms with Crippen LogP contribution in [0.25, 0.3) is 0 Å². The van der Waals surface area contributed by atoms with E-state index in [0.29, 0.717) is 12.5 Å². The minimum Gasteiger partial charge on any atom is -0.354 e. The molecule has 0 spiro atoms. The standard InChI is InChI=1S/C22H25N7O2/c1-14-3-6-19(26-25-14)28-11-15-9-16(13-28)18-5-4-17(22(31)29(18)12-15)21(30)24-10-20-23-7-8-27(20)2/h3-8,15-16H,9-13H2,1-2H3,(H,24,30)/t15-,16+/m0/s1.